The van der Waals surface area contributed by atoms with E-state index in [4.69, 9.17) is 4.74 Å². The number of hydrogen-bond acceptors (Lipinski definition) is 3. The van der Waals surface area contributed by atoms with Gasteiger partial charge in [-0.25, -0.2) is 0 Å². The van der Waals surface area contributed by atoms with E-state index < -0.39 is 33.6 Å². The number of esters is 1. The smallest absolute Gasteiger partial charge is 0.319 e. The molecule has 1 rings (SSSR count). The lowest BCUT2D eigenvalue weighted by atomic mass is 10.0. The van der Waals surface area contributed by atoms with Gasteiger partial charge in [-0.2, -0.15) is 8.78 Å². The molecule has 0 radical (unpaired) electrons. The van der Waals surface area contributed by atoms with Gasteiger partial charge in [-0.05, 0) is 20.8 Å². The van der Waals surface area contributed by atoms with Gasteiger partial charge in [-0.3, -0.25) is 9.59 Å². The largest absolute Gasteiger partial charge is 0.459 e. The van der Waals surface area contributed by atoms with Crippen LogP contribution in [0.4, 0.5) is 8.78 Å². The average Bonchev–Trinajstić information content (AvgIpc) is 2.36. The Balaban J connectivity index is 2.76. The number of hydrogen-bond donors (Lipinski definition) is 0. The highest BCUT2D eigenvalue weighted by Gasteiger charge is 2.43. The van der Waals surface area contributed by atoms with Crippen LogP contribution in [0.5, 0.6) is 0 Å². The Labute approximate surface area is 136 Å². The standard InChI is InChI=1S/C15H17F2IO3/c1-14(2,3)21-13(20)11(18)9-15(16,17)12(19)10-7-5-4-6-8-10/h4-8,11H,9H2,1-3H3. The van der Waals surface area contributed by atoms with Crippen LogP contribution in [0.15, 0.2) is 30.3 Å². The molecule has 0 fully saturated rings. The topological polar surface area (TPSA) is 43.4 Å². The molecule has 0 aromatic heterocycles. The maximum absolute atomic E-state index is 14.0. The zero-order chi connectivity index (χ0) is 16.3. The molecule has 0 saturated heterocycles. The van der Waals surface area contributed by atoms with Gasteiger partial charge in [-0.15, -0.1) is 0 Å². The van der Waals surface area contributed by atoms with Crippen molar-refractivity contribution >= 4 is 34.3 Å². The molecular formula is C15H17F2IO3. The lowest BCUT2D eigenvalue weighted by Gasteiger charge is -2.23. The van der Waals surface area contributed by atoms with Crippen LogP contribution in [0.3, 0.4) is 0 Å². The number of rotatable bonds is 5. The molecule has 0 spiro atoms. The normalized spacial score (nSPS) is 13.6. The molecule has 0 saturated carbocycles. The number of alkyl halides is 3. The van der Waals surface area contributed by atoms with Gasteiger partial charge < -0.3 is 4.74 Å². The minimum absolute atomic E-state index is 0.0738. The molecule has 1 unspecified atom stereocenters. The van der Waals surface area contributed by atoms with E-state index in [1.165, 1.54) is 24.3 Å². The number of ketones is 1. The molecule has 21 heavy (non-hydrogen) atoms. The SMILES string of the molecule is CC(C)(C)OC(=O)C(I)CC(F)(F)C(=O)c1ccccc1. The number of Topliss-reactive ketones (excluding diaryl/α,β-unsaturated/α-hetero) is 1. The van der Waals surface area contributed by atoms with Crippen molar-refractivity contribution in [1.82, 2.24) is 0 Å². The second-order valence-corrected chi connectivity index (χ2v) is 7.11. The summed E-state index contributed by atoms with van der Waals surface area (Å²) in [7, 11) is 0. The first kappa shape index (κ1) is 18.0. The second kappa shape index (κ2) is 6.81. The number of ether oxygens (including phenoxy) is 1. The first-order valence-corrected chi connectivity index (χ1v) is 7.62. The number of halogens is 3. The van der Waals surface area contributed by atoms with Crippen LogP contribution in [0.25, 0.3) is 0 Å². The fourth-order valence-electron chi connectivity index (χ4n) is 1.57. The van der Waals surface area contributed by atoms with Crippen molar-refractivity contribution in [2.75, 3.05) is 0 Å². The molecular weight excluding hydrogens is 393 g/mol. The quantitative estimate of drug-likeness (QED) is 0.319. The summed E-state index contributed by atoms with van der Waals surface area (Å²) in [5, 5.41) is 0. The van der Waals surface area contributed by atoms with Gasteiger partial charge in [0.2, 0.25) is 5.78 Å². The van der Waals surface area contributed by atoms with E-state index >= 15 is 0 Å². The summed E-state index contributed by atoms with van der Waals surface area (Å²) in [6.45, 7) is 4.96. The Kier molecular flexibility index (Phi) is 5.83. The predicted octanol–water partition coefficient (Wildman–Crippen LogP) is 4.04. The fraction of sp³-hybridized carbons (Fsp3) is 0.467. The summed E-state index contributed by atoms with van der Waals surface area (Å²) in [5.41, 5.74) is -0.825. The molecule has 116 valence electrons. The summed E-state index contributed by atoms with van der Waals surface area (Å²) in [6.07, 6.45) is -0.879. The third-order valence-corrected chi connectivity index (χ3v) is 3.42. The van der Waals surface area contributed by atoms with Crippen molar-refractivity contribution in [3.63, 3.8) is 0 Å². The molecule has 6 heteroatoms. The maximum atomic E-state index is 14.0. The molecule has 0 aliphatic rings. The van der Waals surface area contributed by atoms with Crippen LogP contribution < -0.4 is 0 Å². The van der Waals surface area contributed by atoms with Crippen LogP contribution >= 0.6 is 22.6 Å². The Morgan fingerprint density at radius 3 is 2.19 bits per heavy atom. The number of benzene rings is 1. The predicted molar refractivity (Wildman–Crippen MR) is 84.0 cm³/mol. The Morgan fingerprint density at radius 2 is 1.71 bits per heavy atom. The van der Waals surface area contributed by atoms with Crippen LogP contribution in [0.1, 0.15) is 37.6 Å². The molecule has 0 aliphatic heterocycles. The van der Waals surface area contributed by atoms with Crippen LogP contribution in [-0.2, 0) is 9.53 Å². The van der Waals surface area contributed by atoms with Gasteiger partial charge in [-0.1, -0.05) is 52.9 Å². The van der Waals surface area contributed by atoms with Crippen LogP contribution in [0, 0.1) is 0 Å². The van der Waals surface area contributed by atoms with Gasteiger partial charge in [0, 0.05) is 12.0 Å². The third-order valence-electron chi connectivity index (χ3n) is 2.47. The molecule has 0 amide bonds. The van der Waals surface area contributed by atoms with Gasteiger partial charge in [0.25, 0.3) is 0 Å². The lowest BCUT2D eigenvalue weighted by molar-refractivity contribution is -0.154. The maximum Gasteiger partial charge on any atom is 0.319 e. The third kappa shape index (κ3) is 5.68. The Hall–Kier alpha value is -1.05. The van der Waals surface area contributed by atoms with Crippen LogP contribution in [-0.4, -0.2) is 27.2 Å². The first-order valence-electron chi connectivity index (χ1n) is 6.37. The molecule has 1 aromatic carbocycles. The first-order chi connectivity index (χ1) is 9.53. The van der Waals surface area contributed by atoms with Crippen molar-refractivity contribution in [3.05, 3.63) is 35.9 Å². The average molecular weight is 410 g/mol. The van der Waals surface area contributed by atoms with E-state index in [1.807, 2.05) is 0 Å². The van der Waals surface area contributed by atoms with E-state index in [-0.39, 0.29) is 5.56 Å². The van der Waals surface area contributed by atoms with Crippen molar-refractivity contribution in [2.45, 2.75) is 42.6 Å². The summed E-state index contributed by atoms with van der Waals surface area (Å²) in [6, 6.07) is 7.31. The van der Waals surface area contributed by atoms with Crippen molar-refractivity contribution in [3.8, 4) is 0 Å². The van der Waals surface area contributed by atoms with E-state index in [9.17, 15) is 18.4 Å². The second-order valence-electron chi connectivity index (χ2n) is 5.60. The van der Waals surface area contributed by atoms with Gasteiger partial charge in [0.15, 0.2) is 0 Å². The number of carbonyl (C=O) groups is 2. The van der Waals surface area contributed by atoms with Gasteiger partial charge in [0.1, 0.15) is 9.53 Å². The van der Waals surface area contributed by atoms with E-state index in [1.54, 1.807) is 49.4 Å². The van der Waals surface area contributed by atoms with Crippen molar-refractivity contribution < 1.29 is 23.1 Å². The summed E-state index contributed by atoms with van der Waals surface area (Å²) in [4.78, 5) is 23.5. The fourth-order valence-corrected chi connectivity index (χ4v) is 2.25. The van der Waals surface area contributed by atoms with Crippen LogP contribution in [0.2, 0.25) is 0 Å². The highest BCUT2D eigenvalue weighted by Crippen LogP contribution is 2.29. The molecule has 0 bridgehead atoms. The zero-order valence-corrected chi connectivity index (χ0v) is 14.2. The monoisotopic (exact) mass is 410 g/mol. The highest BCUT2D eigenvalue weighted by atomic mass is 127. The van der Waals surface area contributed by atoms with E-state index in [2.05, 4.69) is 0 Å². The van der Waals surface area contributed by atoms with E-state index in [0.29, 0.717) is 0 Å². The Bertz CT molecular complexity index is 509. The van der Waals surface area contributed by atoms with Crippen molar-refractivity contribution in [1.29, 1.82) is 0 Å². The molecule has 0 aliphatic carbocycles. The summed E-state index contributed by atoms with van der Waals surface area (Å²) >= 11 is 1.58. The zero-order valence-electron chi connectivity index (χ0n) is 12.0. The Morgan fingerprint density at radius 1 is 1.19 bits per heavy atom. The molecule has 1 atom stereocenters. The summed E-state index contributed by atoms with van der Waals surface area (Å²) < 4.78 is 31.9. The molecule has 1 aromatic rings. The number of carbonyl (C=O) groups excluding carboxylic acids is 2. The molecule has 0 heterocycles. The minimum Gasteiger partial charge on any atom is -0.459 e. The van der Waals surface area contributed by atoms with Crippen molar-refractivity contribution in [2.24, 2.45) is 0 Å². The lowest BCUT2D eigenvalue weighted by Crippen LogP contribution is -2.36. The van der Waals surface area contributed by atoms with Gasteiger partial charge in [0.05, 0.1) is 0 Å². The minimum atomic E-state index is -3.61. The molecule has 0 N–H and O–H groups in total. The highest BCUT2D eigenvalue weighted by molar-refractivity contribution is 14.1. The summed E-state index contributed by atoms with van der Waals surface area (Å²) in [5.74, 6) is -5.64. The molecule has 3 nitrogen and oxygen atoms in total. The van der Waals surface area contributed by atoms with E-state index in [0.717, 1.165) is 0 Å². The van der Waals surface area contributed by atoms with Gasteiger partial charge >= 0.3 is 11.9 Å².